The van der Waals surface area contributed by atoms with Gasteiger partial charge in [0.2, 0.25) is 11.9 Å². The maximum atomic E-state index is 14.3. The first-order valence-corrected chi connectivity index (χ1v) is 9.21. The lowest BCUT2D eigenvalue weighted by atomic mass is 10.0. The number of carbonyl (C=O) groups is 1. The molecule has 0 aliphatic heterocycles. The summed E-state index contributed by atoms with van der Waals surface area (Å²) < 4.78 is 44.8. The molecular weight excluding hydrogens is 411 g/mol. The Kier molecular flexibility index (Phi) is 5.52. The number of amides is 1. The number of pyridine rings is 3. The molecule has 0 saturated heterocycles. The van der Waals surface area contributed by atoms with E-state index < -0.39 is 19.0 Å². The van der Waals surface area contributed by atoms with E-state index in [-0.39, 0.29) is 22.7 Å². The van der Waals surface area contributed by atoms with Gasteiger partial charge in [-0.2, -0.15) is 4.39 Å². The van der Waals surface area contributed by atoms with Crippen molar-refractivity contribution in [1.29, 1.82) is 0 Å². The average molecular weight is 427 g/mol. The first-order chi connectivity index (χ1) is 14.9. The Balaban J connectivity index is 1.96. The standard InChI is InChI=1S/C21H16F3N5O2/c1-11(30)27-17-8-12(5-7-26-17)19-18(13-4-2-3-6-25-13)21-20(29-19)14(9-16(24)28-21)31-10-15(22)23/h2-9,15,29H,10H2,1H3,(H,26,27,30). The van der Waals surface area contributed by atoms with E-state index in [9.17, 15) is 18.0 Å². The number of hydrogen-bond acceptors (Lipinski definition) is 5. The van der Waals surface area contributed by atoms with E-state index in [0.29, 0.717) is 28.3 Å². The van der Waals surface area contributed by atoms with E-state index in [4.69, 9.17) is 4.74 Å². The number of halogens is 3. The van der Waals surface area contributed by atoms with Crippen LogP contribution in [0.1, 0.15) is 6.92 Å². The third-order valence-electron chi connectivity index (χ3n) is 4.33. The Labute approximate surface area is 174 Å². The molecule has 4 aromatic rings. The summed E-state index contributed by atoms with van der Waals surface area (Å²) in [4.78, 5) is 26.9. The molecule has 0 fully saturated rings. The monoisotopic (exact) mass is 427 g/mol. The molecule has 4 aromatic heterocycles. The molecule has 4 rings (SSSR count). The van der Waals surface area contributed by atoms with Crippen molar-refractivity contribution in [2.45, 2.75) is 13.3 Å². The van der Waals surface area contributed by atoms with E-state index >= 15 is 0 Å². The van der Waals surface area contributed by atoms with Gasteiger partial charge in [0.1, 0.15) is 29.2 Å². The van der Waals surface area contributed by atoms with Crippen molar-refractivity contribution in [2.75, 3.05) is 11.9 Å². The third kappa shape index (κ3) is 4.32. The molecule has 1 amide bonds. The van der Waals surface area contributed by atoms with E-state index in [0.717, 1.165) is 6.07 Å². The molecule has 0 aliphatic carbocycles. The number of ether oxygens (including phenoxy) is 1. The van der Waals surface area contributed by atoms with Gasteiger partial charge in [-0.1, -0.05) is 6.07 Å². The molecule has 31 heavy (non-hydrogen) atoms. The Morgan fingerprint density at radius 3 is 2.74 bits per heavy atom. The van der Waals surface area contributed by atoms with Crippen LogP contribution in [0.25, 0.3) is 33.5 Å². The number of carbonyl (C=O) groups excluding carboxylic acids is 1. The van der Waals surface area contributed by atoms with E-state index in [1.54, 1.807) is 36.5 Å². The van der Waals surface area contributed by atoms with Gasteiger partial charge in [0, 0.05) is 30.9 Å². The Morgan fingerprint density at radius 2 is 2.03 bits per heavy atom. The molecule has 0 bridgehead atoms. The van der Waals surface area contributed by atoms with Crippen molar-refractivity contribution >= 4 is 22.8 Å². The van der Waals surface area contributed by atoms with Crippen LogP contribution in [0.5, 0.6) is 5.75 Å². The molecule has 0 aromatic carbocycles. The number of anilines is 1. The minimum absolute atomic E-state index is 0.0950. The molecule has 4 heterocycles. The quantitative estimate of drug-likeness (QED) is 0.444. The van der Waals surface area contributed by atoms with Gasteiger partial charge in [-0.25, -0.2) is 18.7 Å². The molecule has 0 spiro atoms. The number of aromatic nitrogens is 4. The third-order valence-corrected chi connectivity index (χ3v) is 4.33. The fraction of sp³-hybridized carbons (Fsp3) is 0.143. The predicted octanol–water partition coefficient (Wildman–Crippen LogP) is 4.43. The highest BCUT2D eigenvalue weighted by molar-refractivity contribution is 6.03. The minimum atomic E-state index is -2.73. The first-order valence-electron chi connectivity index (χ1n) is 9.21. The smallest absolute Gasteiger partial charge is 0.272 e. The number of nitrogens with one attached hydrogen (secondary N) is 2. The van der Waals surface area contributed by atoms with Gasteiger partial charge in [-0.15, -0.1) is 0 Å². The fourth-order valence-electron chi connectivity index (χ4n) is 3.18. The highest BCUT2D eigenvalue weighted by Gasteiger charge is 2.22. The minimum Gasteiger partial charge on any atom is -0.485 e. The Morgan fingerprint density at radius 1 is 1.19 bits per heavy atom. The number of nitrogens with zero attached hydrogens (tertiary/aromatic N) is 3. The number of aromatic amines is 1. The summed E-state index contributed by atoms with van der Waals surface area (Å²) in [5.74, 6) is -0.961. The van der Waals surface area contributed by atoms with Gasteiger partial charge in [-0.05, 0) is 24.3 Å². The lowest BCUT2D eigenvalue weighted by Gasteiger charge is -2.07. The molecule has 158 valence electrons. The van der Waals surface area contributed by atoms with Gasteiger partial charge in [0.05, 0.1) is 17.0 Å². The molecule has 0 unspecified atom stereocenters. The van der Waals surface area contributed by atoms with E-state index in [1.165, 1.54) is 13.1 Å². The topological polar surface area (TPSA) is 92.8 Å². The molecule has 2 N–H and O–H groups in total. The molecule has 0 saturated carbocycles. The zero-order valence-corrected chi connectivity index (χ0v) is 16.2. The van der Waals surface area contributed by atoms with Gasteiger partial charge in [0.15, 0.2) is 0 Å². The molecule has 10 heteroatoms. The van der Waals surface area contributed by atoms with Crippen molar-refractivity contribution in [3.63, 3.8) is 0 Å². The summed E-state index contributed by atoms with van der Waals surface area (Å²) in [6.45, 7) is 0.462. The highest BCUT2D eigenvalue weighted by atomic mass is 19.3. The van der Waals surface area contributed by atoms with Crippen molar-refractivity contribution in [2.24, 2.45) is 0 Å². The van der Waals surface area contributed by atoms with Gasteiger partial charge >= 0.3 is 0 Å². The first kappa shape index (κ1) is 20.3. The van der Waals surface area contributed by atoms with Crippen LogP contribution in [0.3, 0.4) is 0 Å². The summed E-state index contributed by atoms with van der Waals surface area (Å²) in [6.07, 6.45) is 0.341. The summed E-state index contributed by atoms with van der Waals surface area (Å²) in [5.41, 5.74) is 2.45. The van der Waals surface area contributed by atoms with E-state index in [2.05, 4.69) is 25.3 Å². The summed E-state index contributed by atoms with van der Waals surface area (Å²) in [7, 11) is 0. The molecule has 0 aliphatic rings. The van der Waals surface area contributed by atoms with Gasteiger partial charge in [0.25, 0.3) is 6.43 Å². The van der Waals surface area contributed by atoms with Crippen LogP contribution in [-0.2, 0) is 4.79 Å². The maximum absolute atomic E-state index is 14.3. The second-order valence-electron chi connectivity index (χ2n) is 6.57. The lowest BCUT2D eigenvalue weighted by Crippen LogP contribution is -2.07. The normalized spacial score (nSPS) is 11.1. The number of rotatable bonds is 6. The van der Waals surface area contributed by atoms with Crippen LogP contribution < -0.4 is 10.1 Å². The van der Waals surface area contributed by atoms with Crippen LogP contribution in [0, 0.1) is 5.95 Å². The van der Waals surface area contributed by atoms with Crippen molar-refractivity contribution in [3.8, 4) is 28.3 Å². The zero-order chi connectivity index (χ0) is 22.0. The number of fused-ring (bicyclic) bond motifs is 1. The van der Waals surface area contributed by atoms with Gasteiger partial charge in [-0.3, -0.25) is 9.78 Å². The summed E-state index contributed by atoms with van der Waals surface area (Å²) >= 11 is 0. The second kappa shape index (κ2) is 8.42. The van der Waals surface area contributed by atoms with Crippen molar-refractivity contribution in [3.05, 3.63) is 54.7 Å². The molecular formula is C21H16F3N5O2. The largest absolute Gasteiger partial charge is 0.485 e. The summed E-state index contributed by atoms with van der Waals surface area (Å²) in [5, 5.41) is 2.60. The van der Waals surface area contributed by atoms with Gasteiger partial charge < -0.3 is 15.0 Å². The zero-order valence-electron chi connectivity index (χ0n) is 16.2. The number of hydrogen-bond donors (Lipinski definition) is 2. The maximum Gasteiger partial charge on any atom is 0.272 e. The van der Waals surface area contributed by atoms with Crippen LogP contribution in [0.2, 0.25) is 0 Å². The van der Waals surface area contributed by atoms with Crippen LogP contribution in [-0.4, -0.2) is 38.9 Å². The van der Waals surface area contributed by atoms with Crippen LogP contribution in [0.15, 0.2) is 48.8 Å². The molecule has 0 radical (unpaired) electrons. The average Bonchev–Trinajstić information content (AvgIpc) is 3.11. The SMILES string of the molecule is CC(=O)Nc1cc(-c2[nH]c3c(OCC(F)F)cc(F)nc3c2-c2ccccn2)ccn1. The Hall–Kier alpha value is -3.95. The van der Waals surface area contributed by atoms with Crippen LogP contribution in [0.4, 0.5) is 19.0 Å². The van der Waals surface area contributed by atoms with Crippen LogP contribution >= 0.6 is 0 Å². The summed E-state index contributed by atoms with van der Waals surface area (Å²) in [6, 6.07) is 9.45. The highest BCUT2D eigenvalue weighted by Crippen LogP contribution is 2.40. The van der Waals surface area contributed by atoms with E-state index in [1.807, 2.05) is 0 Å². The Bertz CT molecular complexity index is 1240. The lowest BCUT2D eigenvalue weighted by molar-refractivity contribution is -0.114. The second-order valence-corrected chi connectivity index (χ2v) is 6.57. The molecule has 0 atom stereocenters. The molecule has 7 nitrogen and oxygen atoms in total. The van der Waals surface area contributed by atoms with Crippen molar-refractivity contribution in [1.82, 2.24) is 19.9 Å². The number of H-pyrrole nitrogens is 1. The number of alkyl halides is 2. The predicted molar refractivity (Wildman–Crippen MR) is 108 cm³/mol. The van der Waals surface area contributed by atoms with Crippen molar-refractivity contribution < 1.29 is 22.7 Å². The fourth-order valence-corrected chi connectivity index (χ4v) is 3.18.